The molecular weight excluding hydrogens is 214 g/mol. The van der Waals surface area contributed by atoms with E-state index in [2.05, 4.69) is 0 Å². The average Bonchev–Trinajstić information content (AvgIpc) is 2.15. The molecule has 1 aromatic rings. The minimum Gasteiger partial charge on any atom is -0.394 e. The summed E-state index contributed by atoms with van der Waals surface area (Å²) in [5, 5.41) is 8.63. The smallest absolute Gasteiger partial charge is 0.394 e. The third-order valence-corrected chi connectivity index (χ3v) is 1.92. The summed E-state index contributed by atoms with van der Waals surface area (Å²) in [4.78, 5) is 0. The number of rotatable bonds is 2. The molecule has 0 aliphatic rings. The van der Waals surface area contributed by atoms with Crippen molar-refractivity contribution in [3.63, 3.8) is 0 Å². The normalized spacial score (nSPS) is 14.0. The first-order valence-electron chi connectivity index (χ1n) is 4.09. The fourth-order valence-electron chi connectivity index (χ4n) is 1.10. The summed E-state index contributed by atoms with van der Waals surface area (Å²) in [6.45, 7) is -0.526. The van der Waals surface area contributed by atoms with Crippen molar-refractivity contribution in [3.05, 3.63) is 35.1 Å². The SMILES string of the molecule is N[C@@H](CO)c1ccc(C(F)(F)F)cc1F. The molecular formula is C9H9F4NO. The zero-order chi connectivity index (χ0) is 11.6. The van der Waals surface area contributed by atoms with Gasteiger partial charge in [0.05, 0.1) is 18.2 Å². The average molecular weight is 223 g/mol. The summed E-state index contributed by atoms with van der Waals surface area (Å²) in [7, 11) is 0. The quantitative estimate of drug-likeness (QED) is 0.751. The second kappa shape index (κ2) is 4.16. The molecule has 0 bridgehead atoms. The number of hydrogen-bond acceptors (Lipinski definition) is 2. The Hall–Kier alpha value is -1.14. The molecule has 3 N–H and O–H groups in total. The van der Waals surface area contributed by atoms with Gasteiger partial charge in [0, 0.05) is 5.56 Å². The molecule has 0 heterocycles. The third kappa shape index (κ3) is 2.66. The first kappa shape index (κ1) is 11.9. The van der Waals surface area contributed by atoms with E-state index in [0.29, 0.717) is 6.07 Å². The molecule has 2 nitrogen and oxygen atoms in total. The largest absolute Gasteiger partial charge is 0.416 e. The van der Waals surface area contributed by atoms with Crippen molar-refractivity contribution in [2.75, 3.05) is 6.61 Å². The van der Waals surface area contributed by atoms with Gasteiger partial charge < -0.3 is 10.8 Å². The van der Waals surface area contributed by atoms with Crippen LogP contribution < -0.4 is 5.73 Å². The van der Waals surface area contributed by atoms with Crippen molar-refractivity contribution in [3.8, 4) is 0 Å². The highest BCUT2D eigenvalue weighted by Gasteiger charge is 2.31. The Kier molecular flexibility index (Phi) is 3.31. The first-order valence-corrected chi connectivity index (χ1v) is 4.09. The first-order chi connectivity index (χ1) is 6.86. The van der Waals surface area contributed by atoms with E-state index in [1.807, 2.05) is 0 Å². The van der Waals surface area contributed by atoms with Crippen molar-refractivity contribution in [2.45, 2.75) is 12.2 Å². The van der Waals surface area contributed by atoms with Gasteiger partial charge in [-0.3, -0.25) is 0 Å². The topological polar surface area (TPSA) is 46.2 Å². The molecule has 1 rings (SSSR count). The van der Waals surface area contributed by atoms with Crippen molar-refractivity contribution in [2.24, 2.45) is 5.73 Å². The second-order valence-corrected chi connectivity index (χ2v) is 3.02. The van der Waals surface area contributed by atoms with E-state index in [1.54, 1.807) is 0 Å². The lowest BCUT2D eigenvalue weighted by atomic mass is 10.1. The standard InChI is InChI=1S/C9H9F4NO/c10-7-3-5(9(11,12)13)1-2-6(7)8(14)4-15/h1-3,8,15H,4,14H2/t8-/m0/s1. The molecule has 15 heavy (non-hydrogen) atoms. The number of nitrogens with two attached hydrogens (primary N) is 1. The van der Waals surface area contributed by atoms with E-state index in [0.717, 1.165) is 12.1 Å². The van der Waals surface area contributed by atoms with Crippen LogP contribution in [0, 0.1) is 5.82 Å². The van der Waals surface area contributed by atoms with Gasteiger partial charge in [-0.15, -0.1) is 0 Å². The predicted molar refractivity (Wildman–Crippen MR) is 45.4 cm³/mol. The van der Waals surface area contributed by atoms with Gasteiger partial charge in [-0.25, -0.2) is 4.39 Å². The van der Waals surface area contributed by atoms with Crippen LogP contribution >= 0.6 is 0 Å². The summed E-state index contributed by atoms with van der Waals surface area (Å²) in [5.74, 6) is -1.06. The fourth-order valence-corrected chi connectivity index (χ4v) is 1.10. The number of halogens is 4. The Balaban J connectivity index is 3.09. The molecule has 0 fully saturated rings. The highest BCUT2D eigenvalue weighted by Crippen LogP contribution is 2.30. The van der Waals surface area contributed by atoms with Gasteiger partial charge >= 0.3 is 6.18 Å². The van der Waals surface area contributed by atoms with Crippen LogP contribution in [0.1, 0.15) is 17.2 Å². The lowest BCUT2D eigenvalue weighted by molar-refractivity contribution is -0.137. The Morgan fingerprint density at radius 2 is 1.93 bits per heavy atom. The van der Waals surface area contributed by atoms with E-state index in [-0.39, 0.29) is 5.56 Å². The van der Waals surface area contributed by atoms with E-state index in [4.69, 9.17) is 10.8 Å². The van der Waals surface area contributed by atoms with Crippen molar-refractivity contribution >= 4 is 0 Å². The van der Waals surface area contributed by atoms with Gasteiger partial charge in [0.15, 0.2) is 0 Å². The summed E-state index contributed by atoms with van der Waals surface area (Å²) in [5.41, 5.74) is 4.07. The Bertz CT molecular complexity index is 350. The molecule has 0 spiro atoms. The lowest BCUT2D eigenvalue weighted by Gasteiger charge is -2.12. The minimum absolute atomic E-state index is 0.134. The van der Waals surface area contributed by atoms with Crippen LogP contribution in [0.5, 0.6) is 0 Å². The lowest BCUT2D eigenvalue weighted by Crippen LogP contribution is -2.17. The third-order valence-electron chi connectivity index (χ3n) is 1.92. The number of aliphatic hydroxyl groups is 1. The molecule has 84 valence electrons. The van der Waals surface area contributed by atoms with Crippen LogP contribution in [0.15, 0.2) is 18.2 Å². The van der Waals surface area contributed by atoms with Gasteiger partial charge in [-0.2, -0.15) is 13.2 Å². The van der Waals surface area contributed by atoms with Gasteiger partial charge in [0.1, 0.15) is 5.82 Å². The molecule has 0 saturated heterocycles. The van der Waals surface area contributed by atoms with Crippen LogP contribution in [-0.4, -0.2) is 11.7 Å². The molecule has 0 amide bonds. The Morgan fingerprint density at radius 3 is 2.33 bits per heavy atom. The summed E-state index contributed by atoms with van der Waals surface area (Å²) < 4.78 is 49.5. The monoisotopic (exact) mass is 223 g/mol. The van der Waals surface area contributed by atoms with Crippen molar-refractivity contribution in [1.82, 2.24) is 0 Å². The number of aliphatic hydroxyl groups excluding tert-OH is 1. The zero-order valence-electron chi connectivity index (χ0n) is 7.55. The highest BCUT2D eigenvalue weighted by atomic mass is 19.4. The molecule has 0 radical (unpaired) electrons. The number of alkyl halides is 3. The second-order valence-electron chi connectivity index (χ2n) is 3.02. The number of hydrogen-bond donors (Lipinski definition) is 2. The highest BCUT2D eigenvalue weighted by molar-refractivity contribution is 5.28. The molecule has 0 aliphatic heterocycles. The van der Waals surface area contributed by atoms with E-state index in [9.17, 15) is 17.6 Å². The molecule has 6 heteroatoms. The number of benzene rings is 1. The maximum absolute atomic E-state index is 13.1. The fraction of sp³-hybridized carbons (Fsp3) is 0.333. The maximum Gasteiger partial charge on any atom is 0.416 e. The van der Waals surface area contributed by atoms with Gasteiger partial charge in [0.2, 0.25) is 0 Å². The van der Waals surface area contributed by atoms with E-state index in [1.165, 1.54) is 0 Å². The van der Waals surface area contributed by atoms with Crippen LogP contribution in [0.3, 0.4) is 0 Å². The van der Waals surface area contributed by atoms with Crippen LogP contribution in [0.4, 0.5) is 17.6 Å². The summed E-state index contributed by atoms with van der Waals surface area (Å²) >= 11 is 0. The Labute approximate surface area is 83.3 Å². The molecule has 0 saturated carbocycles. The summed E-state index contributed by atoms with van der Waals surface area (Å²) in [6, 6.07) is 1.02. The molecule has 0 aliphatic carbocycles. The van der Waals surface area contributed by atoms with Crippen LogP contribution in [-0.2, 0) is 6.18 Å². The molecule has 0 unspecified atom stereocenters. The van der Waals surface area contributed by atoms with E-state index < -0.39 is 30.2 Å². The van der Waals surface area contributed by atoms with Crippen LogP contribution in [0.25, 0.3) is 0 Å². The zero-order valence-corrected chi connectivity index (χ0v) is 7.55. The van der Waals surface area contributed by atoms with Gasteiger partial charge in [-0.1, -0.05) is 6.07 Å². The minimum atomic E-state index is -4.58. The molecule has 1 aromatic carbocycles. The molecule has 1 atom stereocenters. The van der Waals surface area contributed by atoms with Crippen molar-refractivity contribution < 1.29 is 22.7 Å². The van der Waals surface area contributed by atoms with E-state index >= 15 is 0 Å². The Morgan fingerprint density at radius 1 is 1.33 bits per heavy atom. The van der Waals surface area contributed by atoms with Gasteiger partial charge in [-0.05, 0) is 12.1 Å². The van der Waals surface area contributed by atoms with Crippen molar-refractivity contribution in [1.29, 1.82) is 0 Å². The predicted octanol–water partition coefficient (Wildman–Crippen LogP) is 1.84. The van der Waals surface area contributed by atoms with Gasteiger partial charge in [0.25, 0.3) is 0 Å². The summed E-state index contributed by atoms with van der Waals surface area (Å²) in [6.07, 6.45) is -4.58. The molecule has 0 aromatic heterocycles. The maximum atomic E-state index is 13.1. The van der Waals surface area contributed by atoms with Crippen LogP contribution in [0.2, 0.25) is 0 Å².